The van der Waals surface area contributed by atoms with E-state index in [9.17, 15) is 0 Å². The molecule has 0 aliphatic rings. The molecule has 1 rings (SSSR count). The van der Waals surface area contributed by atoms with E-state index in [0.717, 1.165) is 11.1 Å². The monoisotopic (exact) mass is 149 g/mol. The molecule has 3 N–H and O–H groups in total. The Morgan fingerprint density at radius 2 is 2.18 bits per heavy atom. The van der Waals surface area contributed by atoms with E-state index in [-0.39, 0.29) is 0 Å². The summed E-state index contributed by atoms with van der Waals surface area (Å²) in [5.41, 5.74) is 15.0. The Labute approximate surface area is 65.7 Å². The summed E-state index contributed by atoms with van der Waals surface area (Å²) in [6.07, 6.45) is 0. The molecule has 11 heavy (non-hydrogen) atoms. The van der Waals surface area contributed by atoms with E-state index in [1.807, 2.05) is 25.1 Å². The highest BCUT2D eigenvalue weighted by atomic mass is 15.0. The molecule has 58 valence electrons. The van der Waals surface area contributed by atoms with Crippen molar-refractivity contribution in [3.05, 3.63) is 29.3 Å². The van der Waals surface area contributed by atoms with Crippen LogP contribution in [0.5, 0.6) is 0 Å². The SMILES string of the molecule is Cc1cc(CN)cc(N=N)c1. The predicted octanol–water partition coefficient (Wildman–Crippen LogP) is 2.12. The lowest BCUT2D eigenvalue weighted by atomic mass is 10.1. The van der Waals surface area contributed by atoms with Crippen molar-refractivity contribution in [3.63, 3.8) is 0 Å². The summed E-state index contributed by atoms with van der Waals surface area (Å²) in [5.74, 6) is 0. The Morgan fingerprint density at radius 1 is 1.45 bits per heavy atom. The summed E-state index contributed by atoms with van der Waals surface area (Å²) in [4.78, 5) is 0. The standard InChI is InChI=1S/C8H11N3/c1-6-2-7(5-9)4-8(3-6)11-10/h2-4,10H,5,9H2,1H3. The quantitative estimate of drug-likeness (QED) is 0.621. The first-order valence-corrected chi connectivity index (χ1v) is 3.44. The fraction of sp³-hybridized carbons (Fsp3) is 0.250. The van der Waals surface area contributed by atoms with Crippen molar-refractivity contribution < 1.29 is 0 Å². The topological polar surface area (TPSA) is 62.2 Å². The van der Waals surface area contributed by atoms with Crippen LogP contribution in [0.25, 0.3) is 0 Å². The van der Waals surface area contributed by atoms with Gasteiger partial charge in [0, 0.05) is 6.54 Å². The molecule has 3 heteroatoms. The van der Waals surface area contributed by atoms with E-state index in [2.05, 4.69) is 5.11 Å². The lowest BCUT2D eigenvalue weighted by Gasteiger charge is -1.99. The zero-order valence-corrected chi connectivity index (χ0v) is 6.46. The molecule has 0 bridgehead atoms. The Bertz CT molecular complexity index is 268. The molecule has 0 fully saturated rings. The van der Waals surface area contributed by atoms with Crippen molar-refractivity contribution in [1.29, 1.82) is 5.53 Å². The van der Waals surface area contributed by atoms with Gasteiger partial charge in [-0.25, -0.2) is 5.53 Å². The molecule has 3 nitrogen and oxygen atoms in total. The molecule has 0 saturated carbocycles. The van der Waals surface area contributed by atoms with Crippen molar-refractivity contribution in [2.45, 2.75) is 13.5 Å². The lowest BCUT2D eigenvalue weighted by Crippen LogP contribution is -1.95. The first-order chi connectivity index (χ1) is 5.26. The van der Waals surface area contributed by atoms with Gasteiger partial charge in [-0.1, -0.05) is 6.07 Å². The number of aryl methyl sites for hydroxylation is 1. The zero-order chi connectivity index (χ0) is 8.27. The van der Waals surface area contributed by atoms with Gasteiger partial charge in [0.25, 0.3) is 0 Å². The van der Waals surface area contributed by atoms with Crippen LogP contribution in [0, 0.1) is 12.5 Å². The van der Waals surface area contributed by atoms with Gasteiger partial charge < -0.3 is 5.73 Å². The predicted molar refractivity (Wildman–Crippen MR) is 43.9 cm³/mol. The van der Waals surface area contributed by atoms with E-state index in [0.29, 0.717) is 12.2 Å². The van der Waals surface area contributed by atoms with Crippen LogP contribution >= 0.6 is 0 Å². The largest absolute Gasteiger partial charge is 0.326 e. The fourth-order valence-corrected chi connectivity index (χ4v) is 1.02. The van der Waals surface area contributed by atoms with Crippen LogP contribution in [-0.2, 0) is 6.54 Å². The van der Waals surface area contributed by atoms with Crippen LogP contribution in [0.1, 0.15) is 11.1 Å². The summed E-state index contributed by atoms with van der Waals surface area (Å²) in [6, 6.07) is 5.67. The number of nitrogens with zero attached hydrogens (tertiary/aromatic N) is 1. The molecule has 0 unspecified atom stereocenters. The van der Waals surface area contributed by atoms with Crippen LogP contribution in [0.4, 0.5) is 5.69 Å². The van der Waals surface area contributed by atoms with Gasteiger partial charge in [0.15, 0.2) is 0 Å². The molecule has 0 aliphatic carbocycles. The zero-order valence-electron chi connectivity index (χ0n) is 6.46. The highest BCUT2D eigenvalue weighted by Gasteiger charge is 1.94. The summed E-state index contributed by atoms with van der Waals surface area (Å²) < 4.78 is 0. The Kier molecular flexibility index (Phi) is 2.33. The van der Waals surface area contributed by atoms with Crippen LogP contribution in [-0.4, -0.2) is 0 Å². The van der Waals surface area contributed by atoms with Crippen LogP contribution in [0.3, 0.4) is 0 Å². The summed E-state index contributed by atoms with van der Waals surface area (Å²) in [6.45, 7) is 2.47. The Morgan fingerprint density at radius 3 is 2.73 bits per heavy atom. The van der Waals surface area contributed by atoms with Crippen LogP contribution in [0.2, 0.25) is 0 Å². The van der Waals surface area contributed by atoms with Gasteiger partial charge in [0.1, 0.15) is 0 Å². The molecular formula is C8H11N3. The van der Waals surface area contributed by atoms with E-state index in [1.165, 1.54) is 0 Å². The van der Waals surface area contributed by atoms with Crippen molar-refractivity contribution >= 4 is 5.69 Å². The summed E-state index contributed by atoms with van der Waals surface area (Å²) in [5, 5.41) is 3.33. The Balaban J connectivity index is 3.11. The number of nitrogens with one attached hydrogen (secondary N) is 1. The van der Waals surface area contributed by atoms with E-state index >= 15 is 0 Å². The molecule has 1 aromatic carbocycles. The van der Waals surface area contributed by atoms with Gasteiger partial charge in [-0.05, 0) is 30.2 Å². The number of benzene rings is 1. The maximum absolute atomic E-state index is 6.80. The third-order valence-electron chi connectivity index (χ3n) is 1.49. The maximum Gasteiger partial charge on any atom is 0.0855 e. The summed E-state index contributed by atoms with van der Waals surface area (Å²) in [7, 11) is 0. The normalized spacial score (nSPS) is 9.64. The molecule has 0 aliphatic heterocycles. The molecular weight excluding hydrogens is 138 g/mol. The number of hydrogen-bond donors (Lipinski definition) is 2. The van der Waals surface area contributed by atoms with Crippen LogP contribution in [0.15, 0.2) is 23.3 Å². The van der Waals surface area contributed by atoms with Crippen LogP contribution < -0.4 is 5.73 Å². The van der Waals surface area contributed by atoms with Gasteiger partial charge in [0.2, 0.25) is 0 Å². The highest BCUT2D eigenvalue weighted by molar-refractivity contribution is 5.42. The van der Waals surface area contributed by atoms with Gasteiger partial charge in [0.05, 0.1) is 5.69 Å². The minimum atomic E-state index is 0.504. The first-order valence-electron chi connectivity index (χ1n) is 3.44. The second kappa shape index (κ2) is 3.25. The molecule has 0 heterocycles. The fourth-order valence-electron chi connectivity index (χ4n) is 1.02. The Hall–Kier alpha value is -1.22. The van der Waals surface area contributed by atoms with E-state index in [4.69, 9.17) is 11.3 Å². The molecule has 0 amide bonds. The number of hydrogen-bond acceptors (Lipinski definition) is 3. The minimum absolute atomic E-state index is 0.504. The first kappa shape index (κ1) is 7.88. The third-order valence-corrected chi connectivity index (χ3v) is 1.49. The summed E-state index contributed by atoms with van der Waals surface area (Å²) >= 11 is 0. The number of nitrogens with two attached hydrogens (primary N) is 1. The van der Waals surface area contributed by atoms with Crippen molar-refractivity contribution in [2.24, 2.45) is 10.8 Å². The molecule has 0 spiro atoms. The molecule has 0 saturated heterocycles. The molecule has 0 atom stereocenters. The average molecular weight is 149 g/mol. The van der Waals surface area contributed by atoms with E-state index in [1.54, 1.807) is 0 Å². The van der Waals surface area contributed by atoms with Gasteiger partial charge >= 0.3 is 0 Å². The highest BCUT2D eigenvalue weighted by Crippen LogP contribution is 2.16. The lowest BCUT2D eigenvalue weighted by molar-refractivity contribution is 1.05. The number of rotatable bonds is 2. The second-order valence-electron chi connectivity index (χ2n) is 2.49. The van der Waals surface area contributed by atoms with Crippen molar-refractivity contribution in [1.82, 2.24) is 0 Å². The third kappa shape index (κ3) is 1.85. The van der Waals surface area contributed by atoms with Gasteiger partial charge in [-0.3, -0.25) is 0 Å². The van der Waals surface area contributed by atoms with Crippen molar-refractivity contribution in [2.75, 3.05) is 0 Å². The second-order valence-corrected chi connectivity index (χ2v) is 2.49. The average Bonchev–Trinajstić information content (AvgIpc) is 2.03. The van der Waals surface area contributed by atoms with Gasteiger partial charge in [-0.2, -0.15) is 5.11 Å². The minimum Gasteiger partial charge on any atom is -0.326 e. The molecule has 0 aromatic heterocycles. The smallest absolute Gasteiger partial charge is 0.0855 e. The molecule has 0 radical (unpaired) electrons. The van der Waals surface area contributed by atoms with Gasteiger partial charge in [-0.15, -0.1) is 0 Å². The molecule has 1 aromatic rings. The van der Waals surface area contributed by atoms with Crippen molar-refractivity contribution in [3.8, 4) is 0 Å². The maximum atomic E-state index is 6.80. The van der Waals surface area contributed by atoms with E-state index < -0.39 is 0 Å².